The Morgan fingerprint density at radius 3 is 2.42 bits per heavy atom. The minimum absolute atomic E-state index is 0.0491. The molecule has 1 saturated carbocycles. The van der Waals surface area contributed by atoms with Gasteiger partial charge in [0.25, 0.3) is 18.3 Å². The summed E-state index contributed by atoms with van der Waals surface area (Å²) in [5, 5.41) is 31.6. The number of carbonyl (C=O) groups excluding carboxylic acids is 3. The van der Waals surface area contributed by atoms with Crippen molar-refractivity contribution in [2.24, 2.45) is 18.9 Å². The van der Waals surface area contributed by atoms with Crippen LogP contribution in [0.25, 0.3) is 11.3 Å². The van der Waals surface area contributed by atoms with Gasteiger partial charge in [-0.2, -0.15) is 18.3 Å². The van der Waals surface area contributed by atoms with Crippen molar-refractivity contribution in [1.82, 2.24) is 40.2 Å². The number of amides is 4. The molecule has 6 N–H and O–H groups in total. The van der Waals surface area contributed by atoms with Gasteiger partial charge in [0.1, 0.15) is 5.83 Å². The summed E-state index contributed by atoms with van der Waals surface area (Å²) >= 11 is 6.38. The van der Waals surface area contributed by atoms with Gasteiger partial charge in [0.2, 0.25) is 0 Å². The van der Waals surface area contributed by atoms with Crippen LogP contribution in [0.4, 0.5) is 28.0 Å². The summed E-state index contributed by atoms with van der Waals surface area (Å²) in [6.45, 7) is 4.09. The molecule has 50 heavy (non-hydrogen) atoms. The second kappa shape index (κ2) is 14.5. The first-order chi connectivity index (χ1) is 23.6. The predicted molar refractivity (Wildman–Crippen MR) is 169 cm³/mol. The molecule has 6 rings (SSSR count). The molecule has 15 nitrogen and oxygen atoms in total. The van der Waals surface area contributed by atoms with Crippen LogP contribution in [0.2, 0.25) is 5.02 Å². The van der Waals surface area contributed by atoms with E-state index in [-0.39, 0.29) is 64.2 Å². The molecule has 3 unspecified atom stereocenters. The molecule has 0 bridgehead atoms. The Kier molecular flexibility index (Phi) is 10.5. The van der Waals surface area contributed by atoms with Crippen molar-refractivity contribution < 1.29 is 47.0 Å². The van der Waals surface area contributed by atoms with Crippen molar-refractivity contribution in [3.05, 3.63) is 65.1 Å². The number of urea groups is 1. The largest absolute Gasteiger partial charge is 0.483 e. The summed E-state index contributed by atoms with van der Waals surface area (Å²) in [5.41, 5.74) is -1.38. The summed E-state index contributed by atoms with van der Waals surface area (Å²) in [6, 6.07) is 3.52. The summed E-state index contributed by atoms with van der Waals surface area (Å²) < 4.78 is 56.2. The lowest BCUT2D eigenvalue weighted by Crippen LogP contribution is -2.49. The Morgan fingerprint density at radius 2 is 1.84 bits per heavy atom. The molecule has 3 aromatic rings. The molecule has 0 radical (unpaired) electrons. The second-order valence-electron chi connectivity index (χ2n) is 11.9. The number of benzene rings is 1. The molecule has 4 heterocycles. The van der Waals surface area contributed by atoms with Crippen molar-refractivity contribution in [3.63, 3.8) is 0 Å². The van der Waals surface area contributed by atoms with Gasteiger partial charge in [0.15, 0.2) is 11.5 Å². The van der Waals surface area contributed by atoms with E-state index in [0.29, 0.717) is 26.2 Å². The van der Waals surface area contributed by atoms with Crippen LogP contribution in [0, 0.1) is 11.8 Å². The number of imidazole rings is 1. The zero-order valence-corrected chi connectivity index (χ0v) is 27.0. The lowest BCUT2D eigenvalue weighted by atomic mass is 10.2. The number of carboxylic acid groups (broad SMARTS) is 1. The number of nitrogens with zero attached hydrogens (tertiary/aromatic N) is 5. The molecule has 2 aromatic heterocycles. The fraction of sp³-hybridized carbons (Fsp3) is 0.400. The number of carbonyl (C=O) groups is 4. The molecule has 5 atom stereocenters. The van der Waals surface area contributed by atoms with Crippen LogP contribution in [0.3, 0.4) is 0 Å². The van der Waals surface area contributed by atoms with Crippen LogP contribution in [0.1, 0.15) is 26.7 Å². The van der Waals surface area contributed by atoms with E-state index in [1.807, 2.05) is 0 Å². The zero-order chi connectivity index (χ0) is 36.5. The Balaban J connectivity index is 0.00000156. The zero-order valence-electron chi connectivity index (χ0n) is 26.2. The van der Waals surface area contributed by atoms with Crippen molar-refractivity contribution in [2.75, 3.05) is 31.5 Å². The molecule has 1 aromatic carbocycles. The Morgan fingerprint density at radius 1 is 1.16 bits per heavy atom. The second-order valence-corrected chi connectivity index (χ2v) is 12.3. The maximum absolute atomic E-state index is 13.7. The lowest BCUT2D eigenvalue weighted by Gasteiger charge is -2.24. The minimum Gasteiger partial charge on any atom is -0.483 e. The van der Waals surface area contributed by atoms with E-state index < -0.39 is 47.7 Å². The van der Waals surface area contributed by atoms with Gasteiger partial charge in [-0.3, -0.25) is 19.1 Å². The van der Waals surface area contributed by atoms with Crippen LogP contribution in [-0.2, 0) is 24.6 Å². The number of halogens is 5. The van der Waals surface area contributed by atoms with Crippen LogP contribution >= 0.6 is 11.6 Å². The number of hydrogen-bond donors (Lipinski definition) is 6. The van der Waals surface area contributed by atoms with Crippen LogP contribution in [-0.4, -0.2) is 103 Å². The van der Waals surface area contributed by atoms with E-state index in [1.165, 1.54) is 25.2 Å². The van der Waals surface area contributed by atoms with Crippen LogP contribution in [0.5, 0.6) is 0 Å². The van der Waals surface area contributed by atoms with Gasteiger partial charge in [0, 0.05) is 63.0 Å². The van der Waals surface area contributed by atoms with Gasteiger partial charge in [-0.15, -0.1) is 0 Å². The number of fused-ring (bicyclic) bond motifs is 1. The van der Waals surface area contributed by atoms with Gasteiger partial charge < -0.3 is 40.9 Å². The highest BCUT2D eigenvalue weighted by molar-refractivity contribution is 6.34. The average Bonchev–Trinajstić information content (AvgIpc) is 3.59. The van der Waals surface area contributed by atoms with Crippen molar-refractivity contribution in [3.8, 4) is 11.3 Å². The van der Waals surface area contributed by atoms with E-state index in [4.69, 9.17) is 21.5 Å². The summed E-state index contributed by atoms with van der Waals surface area (Å²) in [7, 11) is 1.35. The Bertz CT molecular complexity index is 1800. The first kappa shape index (κ1) is 36.3. The number of alkyl halides is 3. The van der Waals surface area contributed by atoms with E-state index >= 15 is 0 Å². The van der Waals surface area contributed by atoms with Crippen molar-refractivity contribution in [2.45, 2.75) is 30.9 Å². The average molecular weight is 726 g/mol. The molecule has 0 spiro atoms. The number of allylic oxidation sites excluding steroid dienone is 1. The molecule has 268 valence electrons. The number of piperidine rings is 1. The fourth-order valence-electron chi connectivity index (χ4n) is 6.11. The van der Waals surface area contributed by atoms with E-state index in [0.717, 1.165) is 21.6 Å². The topological polar surface area (TPSA) is 196 Å². The maximum Gasteiger partial charge on any atom is 0.435 e. The number of likely N-dealkylation sites (tertiary alicyclic amines) is 1. The minimum atomic E-state index is -4.86. The van der Waals surface area contributed by atoms with Gasteiger partial charge in [-0.25, -0.2) is 14.2 Å². The molecule has 4 amide bonds. The summed E-state index contributed by atoms with van der Waals surface area (Å²) in [4.78, 5) is 52.6. The third-order valence-electron chi connectivity index (χ3n) is 8.57. The fourth-order valence-corrected chi connectivity index (χ4v) is 6.37. The molecule has 2 saturated heterocycles. The number of rotatable bonds is 8. The SMILES string of the molecule is C=C(F)Cn1cc(-c2cnc(C(=O)Nc3ccc(C(=O)NC4[C@H]5CN(C(=O)NC6CNCC6O)C[C@@H]45)c(Cl)c3)n2C)c(C(F)(F)F)n1.O=CO. The van der Waals surface area contributed by atoms with Gasteiger partial charge in [0.05, 0.1) is 46.7 Å². The van der Waals surface area contributed by atoms with E-state index in [9.17, 15) is 37.1 Å². The molecule has 3 aliphatic rings. The molecular formula is C30H32ClF4N9O6. The van der Waals surface area contributed by atoms with E-state index in [2.05, 4.69) is 37.9 Å². The number of anilines is 1. The van der Waals surface area contributed by atoms with Gasteiger partial charge in [-0.1, -0.05) is 18.2 Å². The highest BCUT2D eigenvalue weighted by Gasteiger charge is 2.57. The Hall–Kier alpha value is -5.01. The number of β-amino-alcohol motifs (C(OH)–C–C–N with tert-alkyl or cyclic N) is 1. The normalized spacial score (nSPS) is 22.2. The number of aromatic nitrogens is 4. The Labute approximate surface area is 286 Å². The van der Waals surface area contributed by atoms with Crippen molar-refractivity contribution >= 4 is 41.6 Å². The molecule has 1 aliphatic carbocycles. The van der Waals surface area contributed by atoms with Crippen molar-refractivity contribution in [1.29, 1.82) is 0 Å². The predicted octanol–water partition coefficient (Wildman–Crippen LogP) is 2.09. The summed E-state index contributed by atoms with van der Waals surface area (Å²) in [5.74, 6) is -2.10. The highest BCUT2D eigenvalue weighted by Crippen LogP contribution is 2.45. The molecule has 20 heteroatoms. The molecular weight excluding hydrogens is 694 g/mol. The third kappa shape index (κ3) is 7.74. The van der Waals surface area contributed by atoms with Gasteiger partial charge >= 0.3 is 12.2 Å². The number of aliphatic hydroxyl groups excluding tert-OH is 1. The van der Waals surface area contributed by atoms with Gasteiger partial charge in [-0.05, 0) is 18.2 Å². The highest BCUT2D eigenvalue weighted by atomic mass is 35.5. The first-order valence-electron chi connectivity index (χ1n) is 15.1. The number of nitrogens with one attached hydrogen (secondary N) is 4. The summed E-state index contributed by atoms with van der Waals surface area (Å²) in [6.07, 6.45) is -3.42. The molecule has 3 fully saturated rings. The lowest BCUT2D eigenvalue weighted by molar-refractivity contribution is -0.141. The number of aliphatic hydroxyl groups is 1. The van der Waals surface area contributed by atoms with Crippen LogP contribution in [0.15, 0.2) is 43.0 Å². The van der Waals surface area contributed by atoms with Crippen LogP contribution < -0.4 is 21.3 Å². The quantitative estimate of drug-likeness (QED) is 0.149. The maximum atomic E-state index is 13.7. The number of hydrogen-bond acceptors (Lipinski definition) is 8. The standard InChI is InChI=1S/C29H30ClF4N9O4.CH2O2/c1-13(31)9-43-12-18(24(40-43)29(32,33)34)21-7-36-25(41(21)2)27(46)37-14-3-4-15(19(30)5-14)26(45)39-23-16-10-42(11-17(16)23)28(47)38-20-6-35-8-22(20)44;2-1-3/h3-5,7,12,16-17,20,22-23,35,44H,1,6,8-11H2,2H3,(H,37,46)(H,38,47)(H,39,45);1H,(H,2,3)/t16-,17+,20?,22?,23?;. The molecule has 2 aliphatic heterocycles. The third-order valence-corrected chi connectivity index (χ3v) is 8.89. The monoisotopic (exact) mass is 725 g/mol. The first-order valence-corrected chi connectivity index (χ1v) is 15.4. The smallest absolute Gasteiger partial charge is 0.435 e. The van der Waals surface area contributed by atoms with E-state index in [1.54, 1.807) is 4.90 Å².